The van der Waals surface area contributed by atoms with Crippen molar-refractivity contribution in [2.24, 2.45) is 0 Å². The fourth-order valence-electron chi connectivity index (χ4n) is 3.97. The summed E-state index contributed by atoms with van der Waals surface area (Å²) < 4.78 is 5.60. The number of rotatable bonds is 5. The Morgan fingerprint density at radius 1 is 1.06 bits per heavy atom. The van der Waals surface area contributed by atoms with Crippen LogP contribution in [0.2, 0.25) is 0 Å². The van der Waals surface area contributed by atoms with Crippen LogP contribution < -0.4 is 15.4 Å². The van der Waals surface area contributed by atoms with Gasteiger partial charge < -0.3 is 20.4 Å². The molecule has 5 rings (SSSR count). The molecule has 7 nitrogen and oxygen atoms in total. The summed E-state index contributed by atoms with van der Waals surface area (Å²) in [5, 5.41) is 6.80. The number of H-pyrrole nitrogens is 1. The smallest absolute Gasteiger partial charge is 0.227 e. The van der Waals surface area contributed by atoms with Crippen LogP contribution in [0.1, 0.15) is 28.4 Å². The molecule has 4 aromatic rings. The standard InChI is InChI=1S/C24H24N6O/c1-15-11-26-23(28-15)19-9-8-18(10-21(19)31-2)29-24-27-13-17-12-25-14-20(22(17)30-24)16-6-4-3-5-7-16/h3-11,13,20,25H,12,14H2,1-2H3,(H,26,28)(H,27,29,30). The maximum absolute atomic E-state index is 5.60. The summed E-state index contributed by atoms with van der Waals surface area (Å²) in [6, 6.07) is 16.4. The van der Waals surface area contributed by atoms with E-state index in [0.29, 0.717) is 5.95 Å². The van der Waals surface area contributed by atoms with E-state index in [4.69, 9.17) is 9.72 Å². The second kappa shape index (κ2) is 8.20. The lowest BCUT2D eigenvalue weighted by atomic mass is 9.90. The van der Waals surface area contributed by atoms with Crippen LogP contribution >= 0.6 is 0 Å². The predicted molar refractivity (Wildman–Crippen MR) is 121 cm³/mol. The topological polar surface area (TPSA) is 87.8 Å². The number of methoxy groups -OCH3 is 1. The van der Waals surface area contributed by atoms with Crippen molar-refractivity contribution in [1.82, 2.24) is 25.3 Å². The molecule has 0 fully saturated rings. The van der Waals surface area contributed by atoms with Crippen molar-refractivity contribution in [3.8, 4) is 17.1 Å². The van der Waals surface area contributed by atoms with Crippen molar-refractivity contribution in [3.05, 3.63) is 83.4 Å². The molecule has 0 bridgehead atoms. The van der Waals surface area contributed by atoms with Crippen LogP contribution in [0.15, 0.2) is 60.9 Å². The zero-order valence-corrected chi connectivity index (χ0v) is 17.5. The van der Waals surface area contributed by atoms with E-state index in [2.05, 4.69) is 49.9 Å². The minimum atomic E-state index is 0.201. The summed E-state index contributed by atoms with van der Waals surface area (Å²) in [4.78, 5) is 17.1. The van der Waals surface area contributed by atoms with E-state index in [1.165, 1.54) is 5.56 Å². The average Bonchev–Trinajstić information content (AvgIpc) is 3.25. The molecule has 7 heteroatoms. The van der Waals surface area contributed by atoms with E-state index < -0.39 is 0 Å². The molecule has 0 aliphatic carbocycles. The molecule has 0 saturated carbocycles. The molecule has 2 aromatic carbocycles. The minimum Gasteiger partial charge on any atom is -0.496 e. The number of imidazole rings is 1. The molecule has 1 unspecified atom stereocenters. The SMILES string of the molecule is COc1cc(Nc2ncc3c(n2)C(c2ccccc2)CNC3)ccc1-c1ncc(C)[nH]1. The van der Waals surface area contributed by atoms with Gasteiger partial charge in [0.05, 0.1) is 18.4 Å². The van der Waals surface area contributed by atoms with Gasteiger partial charge in [0.2, 0.25) is 5.95 Å². The van der Waals surface area contributed by atoms with Gasteiger partial charge in [-0.2, -0.15) is 0 Å². The van der Waals surface area contributed by atoms with Crippen LogP contribution in [0.25, 0.3) is 11.4 Å². The Labute approximate surface area is 181 Å². The average molecular weight is 412 g/mol. The van der Waals surface area contributed by atoms with Gasteiger partial charge in [0.25, 0.3) is 0 Å². The molecule has 3 heterocycles. The van der Waals surface area contributed by atoms with Crippen LogP contribution in [0, 0.1) is 6.92 Å². The van der Waals surface area contributed by atoms with Crippen LogP contribution in [-0.4, -0.2) is 33.6 Å². The van der Waals surface area contributed by atoms with Crippen LogP contribution in [0.5, 0.6) is 5.75 Å². The number of nitrogens with one attached hydrogen (secondary N) is 3. The number of nitrogens with zero attached hydrogens (tertiary/aromatic N) is 3. The molecule has 1 aliphatic rings. The van der Waals surface area contributed by atoms with Crippen molar-refractivity contribution in [1.29, 1.82) is 0 Å². The zero-order valence-electron chi connectivity index (χ0n) is 17.5. The fraction of sp³-hybridized carbons (Fsp3) is 0.208. The summed E-state index contributed by atoms with van der Waals surface area (Å²) in [5.41, 5.74) is 6.21. The van der Waals surface area contributed by atoms with Crippen molar-refractivity contribution in [3.63, 3.8) is 0 Å². The second-order valence-electron chi connectivity index (χ2n) is 7.65. The Morgan fingerprint density at radius 2 is 1.94 bits per heavy atom. The molecule has 1 atom stereocenters. The van der Waals surface area contributed by atoms with Crippen molar-refractivity contribution in [2.75, 3.05) is 19.0 Å². The number of benzene rings is 2. The first-order chi connectivity index (χ1) is 15.2. The Kier molecular flexibility index (Phi) is 5.09. The van der Waals surface area contributed by atoms with E-state index in [-0.39, 0.29) is 5.92 Å². The summed E-state index contributed by atoms with van der Waals surface area (Å²) >= 11 is 0. The summed E-state index contributed by atoms with van der Waals surface area (Å²) in [7, 11) is 1.66. The number of hydrogen-bond donors (Lipinski definition) is 3. The van der Waals surface area contributed by atoms with Gasteiger partial charge in [-0.25, -0.2) is 15.0 Å². The summed E-state index contributed by atoms with van der Waals surface area (Å²) in [6.45, 7) is 3.62. The number of aromatic amines is 1. The van der Waals surface area contributed by atoms with Crippen molar-refractivity contribution < 1.29 is 4.74 Å². The lowest BCUT2D eigenvalue weighted by molar-refractivity contribution is 0.416. The van der Waals surface area contributed by atoms with Gasteiger partial charge in [-0.15, -0.1) is 0 Å². The molecule has 31 heavy (non-hydrogen) atoms. The highest BCUT2D eigenvalue weighted by Gasteiger charge is 2.24. The molecule has 0 spiro atoms. The van der Waals surface area contributed by atoms with E-state index in [9.17, 15) is 0 Å². The summed E-state index contributed by atoms with van der Waals surface area (Å²) in [5.74, 6) is 2.28. The Hall–Kier alpha value is -3.71. The highest BCUT2D eigenvalue weighted by atomic mass is 16.5. The Bertz CT molecular complexity index is 1200. The third-order valence-electron chi connectivity index (χ3n) is 5.51. The number of anilines is 2. The number of ether oxygens (including phenoxy) is 1. The molecule has 2 aromatic heterocycles. The fourth-order valence-corrected chi connectivity index (χ4v) is 3.97. The largest absolute Gasteiger partial charge is 0.496 e. The van der Waals surface area contributed by atoms with E-state index in [0.717, 1.165) is 52.9 Å². The van der Waals surface area contributed by atoms with Gasteiger partial charge in [0.1, 0.15) is 11.6 Å². The third-order valence-corrected chi connectivity index (χ3v) is 5.51. The maximum Gasteiger partial charge on any atom is 0.227 e. The number of fused-ring (bicyclic) bond motifs is 1. The highest BCUT2D eigenvalue weighted by Crippen LogP contribution is 2.33. The molecule has 1 aliphatic heterocycles. The number of aryl methyl sites for hydroxylation is 1. The van der Waals surface area contributed by atoms with Gasteiger partial charge in [-0.3, -0.25) is 0 Å². The summed E-state index contributed by atoms with van der Waals surface area (Å²) in [6.07, 6.45) is 3.71. The van der Waals surface area contributed by atoms with E-state index in [1.807, 2.05) is 37.4 Å². The zero-order chi connectivity index (χ0) is 21.2. The first-order valence-electron chi connectivity index (χ1n) is 10.3. The van der Waals surface area contributed by atoms with Gasteiger partial charge in [0, 0.05) is 54.4 Å². The molecular weight excluding hydrogens is 388 g/mol. The first kappa shape index (κ1) is 19.3. The van der Waals surface area contributed by atoms with Crippen molar-refractivity contribution >= 4 is 11.6 Å². The molecular formula is C24H24N6O. The van der Waals surface area contributed by atoms with Gasteiger partial charge in [-0.05, 0) is 24.6 Å². The second-order valence-corrected chi connectivity index (χ2v) is 7.65. The number of aromatic nitrogens is 4. The minimum absolute atomic E-state index is 0.201. The highest BCUT2D eigenvalue weighted by molar-refractivity contribution is 5.70. The van der Waals surface area contributed by atoms with Crippen LogP contribution in [0.4, 0.5) is 11.6 Å². The predicted octanol–water partition coefficient (Wildman–Crippen LogP) is 4.16. The number of hydrogen-bond acceptors (Lipinski definition) is 6. The first-order valence-corrected chi connectivity index (χ1v) is 10.3. The molecule has 0 saturated heterocycles. The van der Waals surface area contributed by atoms with Crippen molar-refractivity contribution in [2.45, 2.75) is 19.4 Å². The van der Waals surface area contributed by atoms with E-state index >= 15 is 0 Å². The van der Waals surface area contributed by atoms with Crippen LogP contribution in [-0.2, 0) is 6.54 Å². The monoisotopic (exact) mass is 412 g/mol. The third kappa shape index (κ3) is 3.87. The van der Waals surface area contributed by atoms with Gasteiger partial charge in [-0.1, -0.05) is 30.3 Å². The van der Waals surface area contributed by atoms with Gasteiger partial charge in [0.15, 0.2) is 0 Å². The lowest BCUT2D eigenvalue weighted by Crippen LogP contribution is -2.30. The maximum atomic E-state index is 5.60. The quantitative estimate of drug-likeness (QED) is 0.456. The van der Waals surface area contributed by atoms with Gasteiger partial charge >= 0.3 is 0 Å². The molecule has 3 N–H and O–H groups in total. The van der Waals surface area contributed by atoms with E-state index in [1.54, 1.807) is 13.3 Å². The molecule has 0 amide bonds. The Morgan fingerprint density at radius 3 is 2.71 bits per heavy atom. The normalized spacial score (nSPS) is 15.4. The lowest BCUT2D eigenvalue weighted by Gasteiger charge is -2.26. The Balaban J connectivity index is 1.44. The molecule has 156 valence electrons. The van der Waals surface area contributed by atoms with Crippen LogP contribution in [0.3, 0.4) is 0 Å². The molecule has 0 radical (unpaired) electrons.